The zero-order valence-electron chi connectivity index (χ0n) is 34.5. The second-order valence-corrected chi connectivity index (χ2v) is 14.4. The Morgan fingerprint density at radius 2 is 0.833 bits per heavy atom. The van der Waals surface area contributed by atoms with E-state index in [4.69, 9.17) is 41.6 Å². The van der Waals surface area contributed by atoms with Gasteiger partial charge in [0.1, 0.15) is 34.8 Å². The summed E-state index contributed by atoms with van der Waals surface area (Å²) in [5.41, 5.74) is -1.11. The molecule has 66 heavy (non-hydrogen) atoms. The largest absolute Gasteiger partial charge is 0.457 e. The van der Waals surface area contributed by atoms with E-state index in [1.165, 1.54) is 21.9 Å². The van der Waals surface area contributed by atoms with Crippen molar-refractivity contribution in [1.29, 1.82) is 10.5 Å². The van der Waals surface area contributed by atoms with E-state index >= 15 is 17.6 Å². The van der Waals surface area contributed by atoms with Crippen LogP contribution in [0.4, 0.5) is 63.1 Å². The first kappa shape index (κ1) is 41.9. The summed E-state index contributed by atoms with van der Waals surface area (Å²) in [4.78, 5) is 9.53. The lowest BCUT2D eigenvalue weighted by molar-refractivity contribution is 0.106. The summed E-state index contributed by atoms with van der Waals surface area (Å²) in [5, 5.41) is 20.5. The fourth-order valence-electron chi connectivity index (χ4n) is 7.65. The number of para-hydroxylation sites is 8. The van der Waals surface area contributed by atoms with Crippen LogP contribution in [0.25, 0.3) is 9.69 Å². The van der Waals surface area contributed by atoms with Crippen LogP contribution in [0, 0.1) is 72.9 Å². The molecule has 0 aromatic heterocycles. The van der Waals surface area contributed by atoms with Crippen molar-refractivity contribution in [3.63, 3.8) is 0 Å². The molecule has 0 aliphatic carbocycles. The SMILES string of the molecule is [C-]#[N+]c1c(F)c(OCOc2cc(C)c(OCOc3c(F)c(C#N)c(N4c5ccccc5Oc5ccccc54)c([N+]#[C-])c3F)cc2C)c(F)c(C#N)c1N1c2ccccc2Oc2ccccc21. The second-order valence-electron chi connectivity index (χ2n) is 14.4. The molecule has 0 unspecified atom stereocenters. The molecule has 2 aliphatic heterocycles. The molecule has 7 aromatic rings. The van der Waals surface area contributed by atoms with Crippen LogP contribution in [-0.4, -0.2) is 13.6 Å². The van der Waals surface area contributed by atoms with Crippen molar-refractivity contribution in [2.24, 2.45) is 0 Å². The van der Waals surface area contributed by atoms with E-state index in [1.807, 2.05) is 0 Å². The third kappa shape index (κ3) is 6.92. The van der Waals surface area contributed by atoms with Gasteiger partial charge in [0.25, 0.3) is 11.4 Å². The predicted molar refractivity (Wildman–Crippen MR) is 232 cm³/mol. The molecule has 12 nitrogen and oxygen atoms in total. The van der Waals surface area contributed by atoms with E-state index in [9.17, 15) is 10.5 Å². The van der Waals surface area contributed by atoms with Gasteiger partial charge in [-0.15, -0.1) is 0 Å². The molecule has 0 saturated carbocycles. The average Bonchev–Trinajstić information content (AvgIpc) is 3.33. The van der Waals surface area contributed by atoms with Gasteiger partial charge in [0.05, 0.1) is 47.3 Å². The molecule has 0 atom stereocenters. The minimum absolute atomic E-state index is 0.185. The maximum Gasteiger partial charge on any atom is 0.250 e. The number of anilines is 6. The van der Waals surface area contributed by atoms with Crippen LogP contribution in [0.2, 0.25) is 0 Å². The molecular formula is C50H28F4N6O6. The summed E-state index contributed by atoms with van der Waals surface area (Å²) in [6.07, 6.45) is 0. The van der Waals surface area contributed by atoms with Crippen LogP contribution in [0.15, 0.2) is 109 Å². The van der Waals surface area contributed by atoms with Crippen molar-refractivity contribution < 1.29 is 46.0 Å². The lowest BCUT2D eigenvalue weighted by Crippen LogP contribution is -2.19. The number of nitriles is 2. The molecular weight excluding hydrogens is 857 g/mol. The number of hydrogen-bond acceptors (Lipinski definition) is 10. The minimum Gasteiger partial charge on any atom is -0.457 e. The van der Waals surface area contributed by atoms with Crippen LogP contribution in [0.3, 0.4) is 0 Å². The lowest BCUT2D eigenvalue weighted by atomic mass is 10.0. The summed E-state index contributed by atoms with van der Waals surface area (Å²) in [7, 11) is 0. The zero-order chi connectivity index (χ0) is 46.2. The number of rotatable bonds is 10. The van der Waals surface area contributed by atoms with E-state index < -0.39 is 70.9 Å². The molecule has 0 N–H and O–H groups in total. The Morgan fingerprint density at radius 1 is 0.515 bits per heavy atom. The van der Waals surface area contributed by atoms with Gasteiger partial charge in [-0.3, -0.25) is 0 Å². The average molecular weight is 885 g/mol. The Kier molecular flexibility index (Phi) is 10.8. The van der Waals surface area contributed by atoms with E-state index in [0.29, 0.717) is 56.9 Å². The summed E-state index contributed by atoms with van der Waals surface area (Å²) >= 11 is 0. The molecule has 0 radical (unpaired) electrons. The van der Waals surface area contributed by atoms with Gasteiger partial charge < -0.3 is 38.2 Å². The molecule has 322 valence electrons. The summed E-state index contributed by atoms with van der Waals surface area (Å²) in [5.74, 6) is -5.73. The van der Waals surface area contributed by atoms with Crippen molar-refractivity contribution in [2.45, 2.75) is 13.8 Å². The highest BCUT2D eigenvalue weighted by molar-refractivity contribution is 5.96. The maximum absolute atomic E-state index is 16.2. The van der Waals surface area contributed by atoms with Crippen LogP contribution in [0.5, 0.6) is 46.0 Å². The number of ether oxygens (including phenoxy) is 6. The predicted octanol–water partition coefficient (Wildman–Crippen LogP) is 13.7. The number of aryl methyl sites for hydroxylation is 2. The van der Waals surface area contributed by atoms with Crippen LogP contribution in [-0.2, 0) is 0 Å². The Bertz CT molecular complexity index is 2940. The number of halogens is 4. The first-order valence-electron chi connectivity index (χ1n) is 19.7. The quantitative estimate of drug-likeness (QED) is 0.0746. The molecule has 0 bridgehead atoms. The minimum atomic E-state index is -1.36. The number of hydrogen-bond donors (Lipinski definition) is 0. The molecule has 2 aliphatic rings. The molecule has 16 heteroatoms. The normalized spacial score (nSPS) is 11.7. The molecule has 0 saturated heterocycles. The highest BCUT2D eigenvalue weighted by atomic mass is 19.1. The highest BCUT2D eigenvalue weighted by Gasteiger charge is 2.37. The molecule has 2 heterocycles. The van der Waals surface area contributed by atoms with Gasteiger partial charge in [0.15, 0.2) is 57.8 Å². The second kappa shape index (κ2) is 17.1. The van der Waals surface area contributed by atoms with Gasteiger partial charge in [-0.05, 0) is 85.6 Å². The molecule has 0 amide bonds. The van der Waals surface area contributed by atoms with Crippen molar-refractivity contribution >= 4 is 45.5 Å². The first-order chi connectivity index (χ1) is 32.1. The fourth-order valence-corrected chi connectivity index (χ4v) is 7.65. The van der Waals surface area contributed by atoms with E-state index in [-0.39, 0.29) is 22.9 Å². The molecule has 0 spiro atoms. The van der Waals surface area contributed by atoms with Crippen LogP contribution in [0.1, 0.15) is 22.3 Å². The lowest BCUT2D eigenvalue weighted by Gasteiger charge is -2.34. The summed E-state index contributed by atoms with van der Waals surface area (Å²) in [6, 6.07) is 33.2. The van der Waals surface area contributed by atoms with Gasteiger partial charge in [-0.25, -0.2) is 27.3 Å². The summed E-state index contributed by atoms with van der Waals surface area (Å²) in [6.45, 7) is 17.5. The Morgan fingerprint density at radius 3 is 1.14 bits per heavy atom. The maximum atomic E-state index is 16.2. The van der Waals surface area contributed by atoms with Crippen molar-refractivity contribution in [3.05, 3.63) is 178 Å². The van der Waals surface area contributed by atoms with Crippen molar-refractivity contribution in [1.82, 2.24) is 0 Å². The van der Waals surface area contributed by atoms with E-state index in [1.54, 1.807) is 123 Å². The van der Waals surface area contributed by atoms with Crippen LogP contribution >= 0.6 is 0 Å². The Balaban J connectivity index is 0.935. The topological polar surface area (TPSA) is 118 Å². The monoisotopic (exact) mass is 884 g/mol. The smallest absolute Gasteiger partial charge is 0.250 e. The third-order valence-electron chi connectivity index (χ3n) is 10.6. The zero-order valence-corrected chi connectivity index (χ0v) is 34.5. The number of nitrogens with zero attached hydrogens (tertiary/aromatic N) is 6. The first-order valence-corrected chi connectivity index (χ1v) is 19.7. The standard InChI is InChI=1S/C50H28F4N6O6/c1-27-21-40(62-26-64-50-42(52)30(24-56)48(46(58-4)44(50)54)60-33-15-7-11-19-37(33)66-38-20-12-8-16-34(38)60)28(2)22-39(27)61-25-63-49-41(51)29(23-55)47(45(57-3)43(49)53)59-31-13-5-9-17-35(31)65-36-18-10-6-14-32(36)59/h5-22H,25-26H2,1-2H3. The number of benzene rings is 7. The highest BCUT2D eigenvalue weighted by Crippen LogP contribution is 2.57. The van der Waals surface area contributed by atoms with Gasteiger partial charge in [-0.2, -0.15) is 10.5 Å². The Hall–Kier alpha value is -9.38. The van der Waals surface area contributed by atoms with Crippen molar-refractivity contribution in [3.8, 4) is 58.1 Å². The molecule has 7 aromatic carbocycles. The fraction of sp³-hybridized carbons (Fsp3) is 0.0800. The third-order valence-corrected chi connectivity index (χ3v) is 10.6. The van der Waals surface area contributed by atoms with Gasteiger partial charge in [-0.1, -0.05) is 48.5 Å². The van der Waals surface area contributed by atoms with Crippen LogP contribution < -0.4 is 38.2 Å². The molecule has 9 rings (SSSR count). The summed E-state index contributed by atoms with van der Waals surface area (Å²) < 4.78 is 99.2. The van der Waals surface area contributed by atoms with Gasteiger partial charge in [0.2, 0.25) is 13.6 Å². The van der Waals surface area contributed by atoms with E-state index in [2.05, 4.69) is 9.69 Å². The van der Waals surface area contributed by atoms with Gasteiger partial charge >= 0.3 is 0 Å². The van der Waals surface area contributed by atoms with E-state index in [0.717, 1.165) is 0 Å². The van der Waals surface area contributed by atoms with Gasteiger partial charge in [0, 0.05) is 0 Å². The van der Waals surface area contributed by atoms with Crippen molar-refractivity contribution in [2.75, 3.05) is 23.4 Å². The molecule has 0 fully saturated rings. The Labute approximate surface area is 374 Å². The number of fused-ring (bicyclic) bond motifs is 4.